The van der Waals surface area contributed by atoms with Gasteiger partial charge in [0.25, 0.3) is 0 Å². The number of ether oxygens (including phenoxy) is 3. The van der Waals surface area contributed by atoms with Gasteiger partial charge in [0, 0.05) is 18.5 Å². The van der Waals surface area contributed by atoms with Crippen LogP contribution in [0.25, 0.3) is 0 Å². The Morgan fingerprint density at radius 3 is 3.11 bits per heavy atom. The third-order valence-electron chi connectivity index (χ3n) is 2.90. The zero-order valence-electron chi connectivity index (χ0n) is 11.2. The molecule has 19 heavy (non-hydrogen) atoms. The van der Waals surface area contributed by atoms with Crippen LogP contribution in [0.2, 0.25) is 0 Å². The molecule has 0 radical (unpaired) electrons. The van der Waals surface area contributed by atoms with Crippen molar-refractivity contribution in [1.29, 1.82) is 0 Å². The van der Waals surface area contributed by atoms with Gasteiger partial charge >= 0.3 is 0 Å². The Morgan fingerprint density at radius 2 is 2.21 bits per heavy atom. The normalized spacial score (nSPS) is 13.7. The highest BCUT2D eigenvalue weighted by Gasteiger charge is 2.13. The van der Waals surface area contributed by atoms with Crippen LogP contribution in [-0.4, -0.2) is 26.4 Å². The van der Waals surface area contributed by atoms with Crippen molar-refractivity contribution < 1.29 is 14.2 Å². The smallest absolute Gasteiger partial charge is 0.165 e. The van der Waals surface area contributed by atoms with Crippen molar-refractivity contribution in [3.8, 4) is 11.5 Å². The van der Waals surface area contributed by atoms with E-state index in [-0.39, 0.29) is 0 Å². The molecule has 0 bridgehead atoms. The Labute approximate surface area is 114 Å². The average Bonchev–Trinajstić information content (AvgIpc) is 2.68. The van der Waals surface area contributed by atoms with Crippen molar-refractivity contribution in [1.82, 2.24) is 5.32 Å². The van der Waals surface area contributed by atoms with E-state index in [2.05, 4.69) is 18.0 Å². The topological polar surface area (TPSA) is 39.7 Å². The van der Waals surface area contributed by atoms with Crippen molar-refractivity contribution in [2.75, 3.05) is 26.4 Å². The standard InChI is InChI=1S/C15H21NO3/c1-2-17-9-4-8-16-12-13-6-3-7-14-15(13)19-11-5-10-18-14/h2-3,6-7,16H,1,4-5,8-12H2. The average molecular weight is 263 g/mol. The Balaban J connectivity index is 1.84. The fraction of sp³-hybridized carbons (Fsp3) is 0.467. The van der Waals surface area contributed by atoms with Crippen LogP contribution in [0.5, 0.6) is 11.5 Å². The fourth-order valence-electron chi connectivity index (χ4n) is 1.98. The number of para-hydroxylation sites is 1. The van der Waals surface area contributed by atoms with Crippen LogP contribution in [0, 0.1) is 0 Å². The van der Waals surface area contributed by atoms with Gasteiger partial charge in [0.2, 0.25) is 0 Å². The van der Waals surface area contributed by atoms with E-state index in [9.17, 15) is 0 Å². The number of nitrogens with one attached hydrogen (secondary N) is 1. The van der Waals surface area contributed by atoms with E-state index >= 15 is 0 Å². The lowest BCUT2D eigenvalue weighted by atomic mass is 10.2. The third-order valence-corrected chi connectivity index (χ3v) is 2.90. The van der Waals surface area contributed by atoms with Gasteiger partial charge in [-0.05, 0) is 19.0 Å². The number of hydrogen-bond acceptors (Lipinski definition) is 4. The Bertz CT molecular complexity index is 406. The van der Waals surface area contributed by atoms with Crippen LogP contribution >= 0.6 is 0 Å². The molecule has 0 saturated carbocycles. The molecule has 0 fully saturated rings. The zero-order valence-corrected chi connectivity index (χ0v) is 11.2. The summed E-state index contributed by atoms with van der Waals surface area (Å²) in [4.78, 5) is 0. The lowest BCUT2D eigenvalue weighted by molar-refractivity contribution is 0.244. The van der Waals surface area contributed by atoms with Gasteiger partial charge in [-0.1, -0.05) is 18.7 Å². The van der Waals surface area contributed by atoms with Crippen molar-refractivity contribution in [2.45, 2.75) is 19.4 Å². The lowest BCUT2D eigenvalue weighted by Gasteiger charge is -2.13. The second kappa shape index (κ2) is 7.69. The minimum atomic E-state index is 0.697. The van der Waals surface area contributed by atoms with Gasteiger partial charge in [-0.25, -0.2) is 0 Å². The molecule has 0 atom stereocenters. The summed E-state index contributed by atoms with van der Waals surface area (Å²) in [5.41, 5.74) is 1.14. The summed E-state index contributed by atoms with van der Waals surface area (Å²) in [6.07, 6.45) is 3.36. The van der Waals surface area contributed by atoms with E-state index < -0.39 is 0 Å². The molecule has 1 aliphatic heterocycles. The molecule has 2 rings (SSSR count). The molecule has 0 aliphatic carbocycles. The largest absolute Gasteiger partial charge is 0.502 e. The van der Waals surface area contributed by atoms with Gasteiger partial charge in [0.1, 0.15) is 0 Å². The van der Waals surface area contributed by atoms with Crippen molar-refractivity contribution in [3.63, 3.8) is 0 Å². The minimum absolute atomic E-state index is 0.697. The maximum Gasteiger partial charge on any atom is 0.165 e. The molecule has 4 nitrogen and oxygen atoms in total. The summed E-state index contributed by atoms with van der Waals surface area (Å²) in [5, 5.41) is 3.38. The highest BCUT2D eigenvalue weighted by Crippen LogP contribution is 2.32. The number of fused-ring (bicyclic) bond motifs is 1. The molecule has 1 aliphatic rings. The Morgan fingerprint density at radius 1 is 1.32 bits per heavy atom. The van der Waals surface area contributed by atoms with E-state index in [4.69, 9.17) is 14.2 Å². The molecule has 0 spiro atoms. The second-order valence-electron chi connectivity index (χ2n) is 4.36. The van der Waals surface area contributed by atoms with Crippen molar-refractivity contribution >= 4 is 0 Å². The quantitative estimate of drug-likeness (QED) is 0.606. The Kier molecular flexibility index (Phi) is 5.56. The SMILES string of the molecule is C=COCCCNCc1cccc2c1OCCCO2. The van der Waals surface area contributed by atoms with E-state index in [0.29, 0.717) is 6.61 Å². The molecule has 1 aromatic carbocycles. The second-order valence-corrected chi connectivity index (χ2v) is 4.36. The first kappa shape index (κ1) is 13.7. The number of benzene rings is 1. The first-order valence-electron chi connectivity index (χ1n) is 6.72. The van der Waals surface area contributed by atoms with Crippen LogP contribution in [0.15, 0.2) is 31.0 Å². The molecular formula is C15H21NO3. The maximum absolute atomic E-state index is 5.77. The molecule has 0 unspecified atom stereocenters. The predicted molar refractivity (Wildman–Crippen MR) is 74.5 cm³/mol. The van der Waals surface area contributed by atoms with Gasteiger partial charge in [0.05, 0.1) is 26.1 Å². The van der Waals surface area contributed by atoms with Gasteiger partial charge in [-0.3, -0.25) is 0 Å². The first-order valence-corrected chi connectivity index (χ1v) is 6.72. The maximum atomic E-state index is 5.77. The molecule has 1 N–H and O–H groups in total. The molecule has 104 valence electrons. The van der Waals surface area contributed by atoms with Gasteiger partial charge in [-0.15, -0.1) is 0 Å². The molecule has 0 saturated heterocycles. The number of hydrogen-bond donors (Lipinski definition) is 1. The highest BCUT2D eigenvalue weighted by atomic mass is 16.5. The molecule has 0 amide bonds. The third kappa shape index (κ3) is 4.17. The van der Waals surface area contributed by atoms with E-state index in [0.717, 1.165) is 56.2 Å². The highest BCUT2D eigenvalue weighted by molar-refractivity contribution is 5.46. The monoisotopic (exact) mass is 263 g/mol. The fourth-order valence-corrected chi connectivity index (χ4v) is 1.98. The summed E-state index contributed by atoms with van der Waals surface area (Å²) in [6.45, 7) is 7.33. The number of rotatable bonds is 7. The summed E-state index contributed by atoms with van der Waals surface area (Å²) < 4.78 is 16.5. The van der Waals surface area contributed by atoms with Gasteiger partial charge in [-0.2, -0.15) is 0 Å². The summed E-state index contributed by atoms with van der Waals surface area (Å²) >= 11 is 0. The predicted octanol–water partition coefficient (Wildman–Crippen LogP) is 2.49. The molecule has 1 heterocycles. The zero-order chi connectivity index (χ0) is 13.3. The van der Waals surface area contributed by atoms with E-state index in [1.165, 1.54) is 6.26 Å². The van der Waals surface area contributed by atoms with Crippen LogP contribution in [0.3, 0.4) is 0 Å². The van der Waals surface area contributed by atoms with Crippen LogP contribution in [0.4, 0.5) is 0 Å². The Hall–Kier alpha value is -1.68. The molecule has 1 aromatic rings. The van der Waals surface area contributed by atoms with Gasteiger partial charge in [0.15, 0.2) is 11.5 Å². The van der Waals surface area contributed by atoms with Crippen LogP contribution in [0.1, 0.15) is 18.4 Å². The molecule has 4 heteroatoms. The molecule has 0 aromatic heterocycles. The van der Waals surface area contributed by atoms with Crippen molar-refractivity contribution in [2.24, 2.45) is 0 Å². The van der Waals surface area contributed by atoms with Crippen LogP contribution < -0.4 is 14.8 Å². The minimum Gasteiger partial charge on any atom is -0.502 e. The van der Waals surface area contributed by atoms with Crippen LogP contribution in [-0.2, 0) is 11.3 Å². The van der Waals surface area contributed by atoms with E-state index in [1.54, 1.807) is 0 Å². The van der Waals surface area contributed by atoms with E-state index in [1.807, 2.05) is 12.1 Å². The first-order chi connectivity index (χ1) is 9.42. The summed E-state index contributed by atoms with van der Waals surface area (Å²) in [6, 6.07) is 6.04. The van der Waals surface area contributed by atoms with Gasteiger partial charge < -0.3 is 19.5 Å². The summed E-state index contributed by atoms with van der Waals surface area (Å²) in [5.74, 6) is 1.74. The molecular weight excluding hydrogens is 242 g/mol. The lowest BCUT2D eigenvalue weighted by Crippen LogP contribution is -2.16. The summed E-state index contributed by atoms with van der Waals surface area (Å²) in [7, 11) is 0. The van der Waals surface area contributed by atoms with Crippen molar-refractivity contribution in [3.05, 3.63) is 36.6 Å².